The zero-order chi connectivity index (χ0) is 21.1. The van der Waals surface area contributed by atoms with Crippen molar-refractivity contribution in [2.75, 3.05) is 14.2 Å². The number of hydrogen-bond acceptors (Lipinski definition) is 5. The Labute approximate surface area is 167 Å². The lowest BCUT2D eigenvalue weighted by Crippen LogP contribution is -2.19. The molecule has 0 aliphatic heterocycles. The average Bonchev–Trinajstić information content (AvgIpc) is 2.94. The Bertz CT molecular complexity index is 1140. The molecule has 0 atom stereocenters. The molecule has 8 nitrogen and oxygen atoms in total. The van der Waals surface area contributed by atoms with Crippen molar-refractivity contribution in [2.45, 2.75) is 6.92 Å². The number of rotatable bonds is 6. The van der Waals surface area contributed by atoms with Gasteiger partial charge in [0.15, 0.2) is 17.2 Å². The lowest BCUT2D eigenvalue weighted by molar-refractivity contribution is 0.0692. The molecule has 0 fully saturated rings. The van der Waals surface area contributed by atoms with E-state index in [1.54, 1.807) is 30.8 Å². The Morgan fingerprint density at radius 1 is 1.10 bits per heavy atom. The number of benzene rings is 2. The number of carbonyl (C=O) groups is 1. The minimum atomic E-state index is -1.19. The first-order valence-corrected chi connectivity index (χ1v) is 8.77. The summed E-state index contributed by atoms with van der Waals surface area (Å²) in [5.41, 5.74) is 1.48. The van der Waals surface area contributed by atoms with Gasteiger partial charge in [-0.25, -0.2) is 14.5 Å². The number of hydrogen-bond donors (Lipinski definition) is 1. The Hall–Kier alpha value is -3.81. The van der Waals surface area contributed by atoms with Gasteiger partial charge in [0, 0.05) is 18.8 Å². The fourth-order valence-electron chi connectivity index (χ4n) is 3.11. The fourth-order valence-corrected chi connectivity index (χ4v) is 3.11. The van der Waals surface area contributed by atoms with Gasteiger partial charge >= 0.3 is 5.97 Å². The van der Waals surface area contributed by atoms with Crippen molar-refractivity contribution in [3.05, 3.63) is 69.6 Å². The second-order valence-corrected chi connectivity index (χ2v) is 6.24. The van der Waals surface area contributed by atoms with Crippen LogP contribution in [0.5, 0.6) is 11.5 Å². The normalized spacial score (nSPS) is 11.0. The Kier molecular flexibility index (Phi) is 5.54. The first-order chi connectivity index (χ1) is 13.9. The maximum absolute atomic E-state index is 12.9. The zero-order valence-electron chi connectivity index (χ0n) is 16.5. The summed E-state index contributed by atoms with van der Waals surface area (Å²) < 4.78 is 13.6. The molecular weight excluding hydrogens is 374 g/mol. The van der Waals surface area contributed by atoms with E-state index in [0.29, 0.717) is 22.7 Å². The lowest BCUT2D eigenvalue weighted by Gasteiger charge is -2.12. The Morgan fingerprint density at radius 3 is 2.38 bits per heavy atom. The topological polar surface area (TPSA) is 95.1 Å². The average molecular weight is 395 g/mol. The van der Waals surface area contributed by atoms with E-state index in [4.69, 9.17) is 9.47 Å². The summed E-state index contributed by atoms with van der Waals surface area (Å²) in [4.78, 5) is 29.1. The van der Waals surface area contributed by atoms with E-state index in [1.807, 2.05) is 30.3 Å². The number of nitrogens with zero attached hydrogens (tertiary/aromatic N) is 3. The molecule has 3 rings (SSSR count). The highest BCUT2D eigenvalue weighted by Crippen LogP contribution is 2.33. The molecule has 0 saturated carbocycles. The summed E-state index contributed by atoms with van der Waals surface area (Å²) >= 11 is 0. The Balaban J connectivity index is 2.13. The maximum atomic E-state index is 12.9. The number of carboxylic acids is 1. The molecule has 0 aliphatic rings. The molecule has 1 heterocycles. The predicted octanol–water partition coefficient (Wildman–Crippen LogP) is 2.95. The lowest BCUT2D eigenvalue weighted by atomic mass is 10.1. The Morgan fingerprint density at radius 2 is 1.79 bits per heavy atom. The van der Waals surface area contributed by atoms with Gasteiger partial charge in [-0.3, -0.25) is 9.48 Å². The van der Waals surface area contributed by atoms with E-state index < -0.39 is 5.97 Å². The van der Waals surface area contributed by atoms with Crippen molar-refractivity contribution in [3.8, 4) is 17.2 Å². The van der Waals surface area contributed by atoms with Crippen molar-refractivity contribution in [3.63, 3.8) is 0 Å². The highest BCUT2D eigenvalue weighted by Gasteiger charge is 2.21. The molecule has 0 radical (unpaired) electrons. The molecule has 1 N–H and O–H groups in total. The molecule has 0 aliphatic carbocycles. The van der Waals surface area contributed by atoms with E-state index >= 15 is 0 Å². The van der Waals surface area contributed by atoms with E-state index in [2.05, 4.69) is 4.99 Å². The van der Waals surface area contributed by atoms with Crippen molar-refractivity contribution >= 4 is 17.9 Å². The molecule has 8 heteroatoms. The van der Waals surface area contributed by atoms with Gasteiger partial charge < -0.3 is 14.6 Å². The highest BCUT2D eigenvalue weighted by molar-refractivity contribution is 6.02. The van der Waals surface area contributed by atoms with Gasteiger partial charge in [0.05, 0.1) is 25.6 Å². The van der Waals surface area contributed by atoms with Crippen molar-refractivity contribution < 1.29 is 19.4 Å². The van der Waals surface area contributed by atoms with Gasteiger partial charge in [0.25, 0.3) is 5.56 Å². The third-order valence-electron chi connectivity index (χ3n) is 4.65. The molecule has 150 valence electrons. The van der Waals surface area contributed by atoms with Gasteiger partial charge in [0.1, 0.15) is 5.56 Å². The smallest absolute Gasteiger partial charge is 0.340 e. The molecule has 0 amide bonds. The van der Waals surface area contributed by atoms with Crippen LogP contribution in [-0.4, -0.2) is 40.9 Å². The third-order valence-corrected chi connectivity index (χ3v) is 4.65. The number of carboxylic acid groups (broad SMARTS) is 1. The van der Waals surface area contributed by atoms with Crippen LogP contribution < -0.4 is 15.0 Å². The number of aromatic nitrogens is 2. The maximum Gasteiger partial charge on any atom is 0.340 e. The van der Waals surface area contributed by atoms with Gasteiger partial charge in [-0.2, -0.15) is 0 Å². The number of methoxy groups -OCH3 is 2. The van der Waals surface area contributed by atoms with Crippen LogP contribution in [-0.2, 0) is 7.05 Å². The van der Waals surface area contributed by atoms with Crippen molar-refractivity contribution in [1.82, 2.24) is 9.36 Å². The fraction of sp³-hybridized carbons (Fsp3) is 0.190. The van der Waals surface area contributed by atoms with Crippen LogP contribution in [0.3, 0.4) is 0 Å². The van der Waals surface area contributed by atoms with Crippen LogP contribution >= 0.6 is 0 Å². The summed E-state index contributed by atoms with van der Waals surface area (Å²) in [5.74, 6) is -0.798. The SMILES string of the molecule is COc1ccc(C=Nc2c(C)n(C)n(-c3ccccc3)c2=O)c(C(=O)O)c1OC. The second kappa shape index (κ2) is 8.05. The van der Waals surface area contributed by atoms with Crippen LogP contribution in [0, 0.1) is 6.92 Å². The molecule has 0 saturated heterocycles. The molecular formula is C21H21N3O5. The van der Waals surface area contributed by atoms with E-state index in [-0.39, 0.29) is 22.6 Å². The highest BCUT2D eigenvalue weighted by atomic mass is 16.5. The summed E-state index contributed by atoms with van der Waals surface area (Å²) in [6.45, 7) is 1.78. The molecule has 1 aromatic heterocycles. The third kappa shape index (κ3) is 3.52. The first-order valence-electron chi connectivity index (χ1n) is 8.77. The van der Waals surface area contributed by atoms with E-state index in [0.717, 1.165) is 0 Å². The molecule has 0 spiro atoms. The second-order valence-electron chi connectivity index (χ2n) is 6.24. The van der Waals surface area contributed by atoms with Crippen molar-refractivity contribution in [1.29, 1.82) is 0 Å². The summed E-state index contributed by atoms with van der Waals surface area (Å²) in [6, 6.07) is 12.4. The number of para-hydroxylation sites is 1. The largest absolute Gasteiger partial charge is 0.493 e. The van der Waals surface area contributed by atoms with Gasteiger partial charge in [0.2, 0.25) is 0 Å². The number of ether oxygens (including phenoxy) is 2. The van der Waals surface area contributed by atoms with Crippen LogP contribution in [0.4, 0.5) is 5.69 Å². The molecule has 3 aromatic rings. The monoisotopic (exact) mass is 395 g/mol. The molecule has 2 aromatic carbocycles. The van der Waals surface area contributed by atoms with Crippen LogP contribution in [0.15, 0.2) is 52.3 Å². The molecule has 29 heavy (non-hydrogen) atoms. The summed E-state index contributed by atoms with van der Waals surface area (Å²) in [5, 5.41) is 9.63. The van der Waals surface area contributed by atoms with Crippen LogP contribution in [0.1, 0.15) is 21.6 Å². The number of aromatic carboxylic acids is 1. The van der Waals surface area contributed by atoms with Crippen molar-refractivity contribution in [2.24, 2.45) is 12.0 Å². The van der Waals surface area contributed by atoms with Gasteiger partial charge in [-0.05, 0) is 31.2 Å². The van der Waals surface area contributed by atoms with Gasteiger partial charge in [-0.15, -0.1) is 0 Å². The predicted molar refractivity (Wildman–Crippen MR) is 110 cm³/mol. The summed E-state index contributed by atoms with van der Waals surface area (Å²) in [6.07, 6.45) is 1.35. The molecule has 0 unspecified atom stereocenters. The summed E-state index contributed by atoms with van der Waals surface area (Å²) in [7, 11) is 4.56. The minimum absolute atomic E-state index is 0.0902. The minimum Gasteiger partial charge on any atom is -0.493 e. The zero-order valence-corrected chi connectivity index (χ0v) is 16.5. The first kappa shape index (κ1) is 19.9. The van der Waals surface area contributed by atoms with Crippen LogP contribution in [0.2, 0.25) is 0 Å². The quantitative estimate of drug-likeness (QED) is 0.648. The van der Waals surface area contributed by atoms with Crippen LogP contribution in [0.25, 0.3) is 5.69 Å². The standard InChI is InChI=1S/C21H21N3O5/c1-13-18(20(25)24(23(13)2)15-8-6-5-7-9-15)22-12-14-10-11-16(28-3)19(29-4)17(14)21(26)27/h5-12H,1-4H3,(H,26,27). The van der Waals surface area contributed by atoms with E-state index in [9.17, 15) is 14.7 Å². The van der Waals surface area contributed by atoms with Gasteiger partial charge in [-0.1, -0.05) is 18.2 Å². The molecule has 0 bridgehead atoms. The number of aliphatic imine (C=N–C) groups is 1. The van der Waals surface area contributed by atoms with E-state index in [1.165, 1.54) is 25.1 Å².